The number of carbonyl (C=O) groups is 2. The van der Waals surface area contributed by atoms with Crippen LogP contribution >= 0.6 is 0 Å². The van der Waals surface area contributed by atoms with Gasteiger partial charge in [0.05, 0.1) is 12.9 Å². The first-order chi connectivity index (χ1) is 8.28. The van der Waals surface area contributed by atoms with E-state index in [-0.39, 0.29) is 18.2 Å². The fraction of sp³-hybridized carbons (Fsp3) is 0.692. The lowest BCUT2D eigenvalue weighted by Crippen LogP contribution is -2.38. The molecule has 0 saturated carbocycles. The second-order valence-electron chi connectivity index (χ2n) is 5.44. The molecule has 1 rings (SSSR count). The Balaban J connectivity index is 2.35. The molecule has 0 aromatic carbocycles. The van der Waals surface area contributed by atoms with Gasteiger partial charge in [-0.2, -0.15) is 0 Å². The van der Waals surface area contributed by atoms with Crippen molar-refractivity contribution in [3.63, 3.8) is 0 Å². The van der Waals surface area contributed by atoms with Crippen LogP contribution in [-0.2, 0) is 14.3 Å². The maximum Gasteiger partial charge on any atom is 0.407 e. The lowest BCUT2D eigenvalue weighted by Gasteiger charge is -2.21. The first kappa shape index (κ1) is 14.5. The van der Waals surface area contributed by atoms with E-state index < -0.39 is 11.7 Å². The molecule has 0 aromatic heterocycles. The molecule has 1 aliphatic rings. The minimum absolute atomic E-state index is 0.0102. The number of amides is 1. The number of ketones is 1. The summed E-state index contributed by atoms with van der Waals surface area (Å²) in [6.45, 7) is 7.72. The number of alkyl carbamates (subject to hydrolysis) is 1. The van der Waals surface area contributed by atoms with E-state index in [9.17, 15) is 9.59 Å². The first-order valence-electron chi connectivity index (χ1n) is 6.11. The summed E-state index contributed by atoms with van der Waals surface area (Å²) in [5.41, 5.74) is 0.156. The molecule has 0 fully saturated rings. The fourth-order valence-electron chi connectivity index (χ4n) is 1.56. The van der Waals surface area contributed by atoms with Crippen LogP contribution < -0.4 is 5.32 Å². The van der Waals surface area contributed by atoms with Gasteiger partial charge in [0.2, 0.25) is 0 Å². The molecule has 5 nitrogen and oxygen atoms in total. The summed E-state index contributed by atoms with van der Waals surface area (Å²) < 4.78 is 10.1. The third kappa shape index (κ3) is 5.21. The predicted octanol–water partition coefficient (Wildman–Crippen LogP) is 2.16. The molecule has 1 atom stereocenters. The van der Waals surface area contributed by atoms with Crippen molar-refractivity contribution in [1.29, 1.82) is 0 Å². The Morgan fingerprint density at radius 2 is 2.17 bits per heavy atom. The van der Waals surface area contributed by atoms with Crippen molar-refractivity contribution in [2.45, 2.75) is 52.2 Å². The molecule has 1 aliphatic heterocycles. The summed E-state index contributed by atoms with van der Waals surface area (Å²) in [5, 5.41) is 2.64. The molecule has 0 saturated heterocycles. The Bertz CT molecular complexity index is 354. The van der Waals surface area contributed by atoms with Crippen molar-refractivity contribution >= 4 is 11.9 Å². The average Bonchev–Trinajstić information content (AvgIpc) is 2.65. The summed E-state index contributed by atoms with van der Waals surface area (Å²) in [4.78, 5) is 23.3. The molecule has 0 spiro atoms. The Hall–Kier alpha value is -1.52. The SMILES string of the molecule is CC(CC(=O)C1=COCC1)NC(=O)OC(C)(C)C. The Labute approximate surface area is 108 Å². The van der Waals surface area contributed by atoms with E-state index in [1.165, 1.54) is 6.26 Å². The average molecular weight is 255 g/mol. The predicted molar refractivity (Wildman–Crippen MR) is 67.1 cm³/mol. The smallest absolute Gasteiger partial charge is 0.407 e. The van der Waals surface area contributed by atoms with Gasteiger partial charge in [-0.25, -0.2) is 4.79 Å². The van der Waals surface area contributed by atoms with Gasteiger partial charge < -0.3 is 14.8 Å². The molecule has 5 heteroatoms. The van der Waals surface area contributed by atoms with Crippen LogP contribution in [0.5, 0.6) is 0 Å². The number of ether oxygens (including phenoxy) is 2. The molecule has 1 amide bonds. The number of hydrogen-bond donors (Lipinski definition) is 1. The second kappa shape index (κ2) is 5.89. The largest absolute Gasteiger partial charge is 0.500 e. The van der Waals surface area contributed by atoms with Gasteiger partial charge in [0.1, 0.15) is 5.60 Å². The number of carbonyl (C=O) groups excluding carboxylic acids is 2. The van der Waals surface area contributed by atoms with Crippen LogP contribution in [0, 0.1) is 0 Å². The summed E-state index contributed by atoms with van der Waals surface area (Å²) >= 11 is 0. The van der Waals surface area contributed by atoms with Crippen molar-refractivity contribution < 1.29 is 19.1 Å². The molecule has 102 valence electrons. The maximum absolute atomic E-state index is 11.8. The maximum atomic E-state index is 11.8. The van der Waals surface area contributed by atoms with Crippen LogP contribution in [0.25, 0.3) is 0 Å². The lowest BCUT2D eigenvalue weighted by atomic mass is 10.0. The first-order valence-corrected chi connectivity index (χ1v) is 6.11. The van der Waals surface area contributed by atoms with Crippen molar-refractivity contribution in [3.8, 4) is 0 Å². The minimum Gasteiger partial charge on any atom is -0.500 e. The summed E-state index contributed by atoms with van der Waals surface area (Å²) in [7, 11) is 0. The van der Waals surface area contributed by atoms with E-state index in [2.05, 4.69) is 5.32 Å². The molecule has 0 aliphatic carbocycles. The van der Waals surface area contributed by atoms with Crippen LogP contribution in [-0.4, -0.2) is 30.1 Å². The second-order valence-corrected chi connectivity index (χ2v) is 5.44. The summed E-state index contributed by atoms with van der Waals surface area (Å²) in [5.74, 6) is 0.0102. The normalized spacial score (nSPS) is 16.6. The highest BCUT2D eigenvalue weighted by Crippen LogP contribution is 2.14. The molecular weight excluding hydrogens is 234 g/mol. The highest BCUT2D eigenvalue weighted by molar-refractivity contribution is 5.95. The van der Waals surface area contributed by atoms with Crippen LogP contribution in [0.15, 0.2) is 11.8 Å². The van der Waals surface area contributed by atoms with Gasteiger partial charge in [0.15, 0.2) is 5.78 Å². The molecular formula is C13H21NO4. The van der Waals surface area contributed by atoms with E-state index in [0.717, 1.165) is 0 Å². The molecule has 0 radical (unpaired) electrons. The summed E-state index contributed by atoms with van der Waals surface area (Å²) in [6.07, 6.45) is 1.91. The molecule has 1 unspecified atom stereocenters. The quantitative estimate of drug-likeness (QED) is 0.836. The zero-order valence-electron chi connectivity index (χ0n) is 11.4. The lowest BCUT2D eigenvalue weighted by molar-refractivity contribution is -0.116. The number of nitrogens with one attached hydrogen (secondary N) is 1. The number of hydrogen-bond acceptors (Lipinski definition) is 4. The number of rotatable bonds is 4. The molecule has 1 heterocycles. The van der Waals surface area contributed by atoms with Gasteiger partial charge in [-0.1, -0.05) is 0 Å². The van der Waals surface area contributed by atoms with Gasteiger partial charge in [0.25, 0.3) is 0 Å². The molecule has 0 aromatic rings. The van der Waals surface area contributed by atoms with Crippen molar-refractivity contribution in [2.75, 3.05) is 6.61 Å². The molecule has 18 heavy (non-hydrogen) atoms. The van der Waals surface area contributed by atoms with Crippen LogP contribution in [0.3, 0.4) is 0 Å². The Kier molecular flexibility index (Phi) is 4.76. The topological polar surface area (TPSA) is 64.6 Å². The van der Waals surface area contributed by atoms with Crippen LogP contribution in [0.4, 0.5) is 4.79 Å². The van der Waals surface area contributed by atoms with E-state index >= 15 is 0 Å². The van der Waals surface area contributed by atoms with Crippen molar-refractivity contribution in [3.05, 3.63) is 11.8 Å². The van der Waals surface area contributed by atoms with Gasteiger partial charge in [0, 0.05) is 24.5 Å². The zero-order valence-corrected chi connectivity index (χ0v) is 11.4. The number of Topliss-reactive ketones (excluding diaryl/α,β-unsaturated/α-hetero) is 1. The fourth-order valence-corrected chi connectivity index (χ4v) is 1.56. The third-order valence-electron chi connectivity index (χ3n) is 2.33. The van der Waals surface area contributed by atoms with Gasteiger partial charge in [-0.3, -0.25) is 4.79 Å². The Morgan fingerprint density at radius 1 is 1.50 bits per heavy atom. The van der Waals surface area contributed by atoms with E-state index in [4.69, 9.17) is 9.47 Å². The van der Waals surface area contributed by atoms with Crippen molar-refractivity contribution in [1.82, 2.24) is 5.32 Å². The zero-order chi connectivity index (χ0) is 13.8. The molecule has 1 N–H and O–H groups in total. The minimum atomic E-state index is -0.532. The third-order valence-corrected chi connectivity index (χ3v) is 2.33. The highest BCUT2D eigenvalue weighted by Gasteiger charge is 2.21. The van der Waals surface area contributed by atoms with E-state index in [1.807, 2.05) is 0 Å². The summed E-state index contributed by atoms with van der Waals surface area (Å²) in [6, 6.07) is -0.256. The van der Waals surface area contributed by atoms with E-state index in [0.29, 0.717) is 18.6 Å². The van der Waals surface area contributed by atoms with Crippen LogP contribution in [0.1, 0.15) is 40.5 Å². The van der Waals surface area contributed by atoms with Gasteiger partial charge in [-0.15, -0.1) is 0 Å². The van der Waals surface area contributed by atoms with E-state index in [1.54, 1.807) is 27.7 Å². The Morgan fingerprint density at radius 3 is 2.67 bits per heavy atom. The van der Waals surface area contributed by atoms with Crippen molar-refractivity contribution in [2.24, 2.45) is 0 Å². The van der Waals surface area contributed by atoms with Gasteiger partial charge >= 0.3 is 6.09 Å². The molecule has 0 bridgehead atoms. The highest BCUT2D eigenvalue weighted by atomic mass is 16.6. The standard InChI is InChI=1S/C13H21NO4/c1-9(14-12(16)18-13(2,3)4)7-11(15)10-5-6-17-8-10/h8-9H,5-7H2,1-4H3,(H,14,16). The monoisotopic (exact) mass is 255 g/mol. The van der Waals surface area contributed by atoms with Crippen LogP contribution in [0.2, 0.25) is 0 Å². The van der Waals surface area contributed by atoms with Gasteiger partial charge in [-0.05, 0) is 27.7 Å².